The lowest BCUT2D eigenvalue weighted by Gasteiger charge is -2.32. The van der Waals surface area contributed by atoms with Crippen LogP contribution in [-0.4, -0.2) is 18.3 Å². The Labute approximate surface area is 258 Å². The summed E-state index contributed by atoms with van der Waals surface area (Å²) in [5.41, 5.74) is 10.4. The Bertz CT molecular complexity index is 2070. The van der Waals surface area contributed by atoms with Crippen LogP contribution in [0, 0.1) is 0 Å². The number of hydrogen-bond acceptors (Lipinski definition) is 3. The molecule has 8 rings (SSSR count). The molecule has 1 saturated heterocycles. The third kappa shape index (κ3) is 4.00. The van der Waals surface area contributed by atoms with Crippen molar-refractivity contribution in [3.8, 4) is 33.4 Å². The molecule has 0 N–H and O–H groups in total. The second kappa shape index (κ2) is 9.16. The Morgan fingerprint density at radius 1 is 0.535 bits per heavy atom. The summed E-state index contributed by atoms with van der Waals surface area (Å²) in [6.45, 7) is 13.2. The molecule has 0 amide bonds. The average Bonchev–Trinajstić information content (AvgIpc) is 3.57. The average molecular weight is 579 g/mol. The van der Waals surface area contributed by atoms with Crippen molar-refractivity contribution >= 4 is 44.1 Å². The molecule has 4 heteroatoms. The van der Waals surface area contributed by atoms with Gasteiger partial charge in [0.25, 0.3) is 0 Å². The zero-order valence-electron chi connectivity index (χ0n) is 25.6. The highest BCUT2D eigenvalue weighted by atomic mass is 32.1. The van der Waals surface area contributed by atoms with Crippen LogP contribution in [0.2, 0.25) is 0 Å². The van der Waals surface area contributed by atoms with Crippen molar-refractivity contribution in [3.63, 3.8) is 0 Å². The van der Waals surface area contributed by atoms with Crippen molar-refractivity contribution in [1.82, 2.24) is 0 Å². The van der Waals surface area contributed by atoms with Gasteiger partial charge in [0.05, 0.1) is 11.2 Å². The van der Waals surface area contributed by atoms with E-state index in [1.807, 2.05) is 11.3 Å². The van der Waals surface area contributed by atoms with E-state index in [0.29, 0.717) is 0 Å². The minimum atomic E-state index is -0.444. The summed E-state index contributed by atoms with van der Waals surface area (Å²) < 4.78 is 15.8. The molecule has 0 bridgehead atoms. The summed E-state index contributed by atoms with van der Waals surface area (Å²) in [5, 5.41) is 2.62. The first-order valence-corrected chi connectivity index (χ1v) is 16.0. The van der Waals surface area contributed by atoms with Gasteiger partial charge in [0.2, 0.25) is 0 Å². The minimum Gasteiger partial charge on any atom is -0.399 e. The van der Waals surface area contributed by atoms with Crippen LogP contribution in [-0.2, 0) is 14.7 Å². The third-order valence-corrected chi connectivity index (χ3v) is 11.3. The van der Waals surface area contributed by atoms with Crippen LogP contribution in [0.15, 0.2) is 103 Å². The summed E-state index contributed by atoms with van der Waals surface area (Å²) in [6.07, 6.45) is 0. The lowest BCUT2D eigenvalue weighted by Crippen LogP contribution is -2.41. The predicted octanol–water partition coefficient (Wildman–Crippen LogP) is 9.99. The van der Waals surface area contributed by atoms with E-state index < -0.39 is 18.3 Å². The van der Waals surface area contributed by atoms with Crippen LogP contribution in [0.25, 0.3) is 53.6 Å². The quantitative estimate of drug-likeness (QED) is 0.195. The highest BCUT2D eigenvalue weighted by Gasteiger charge is 2.51. The van der Waals surface area contributed by atoms with Gasteiger partial charge in [-0.3, -0.25) is 0 Å². The van der Waals surface area contributed by atoms with Crippen LogP contribution in [0.5, 0.6) is 0 Å². The monoisotopic (exact) mass is 578 g/mol. The topological polar surface area (TPSA) is 18.5 Å². The molecular weight excluding hydrogens is 543 g/mol. The Balaban J connectivity index is 1.33. The number of rotatable bonds is 3. The van der Waals surface area contributed by atoms with Gasteiger partial charge in [-0.2, -0.15) is 0 Å². The van der Waals surface area contributed by atoms with Gasteiger partial charge in [0, 0.05) is 25.6 Å². The van der Waals surface area contributed by atoms with E-state index in [9.17, 15) is 0 Å². The molecule has 1 aliphatic carbocycles. The molecule has 0 unspecified atom stereocenters. The van der Waals surface area contributed by atoms with Crippen molar-refractivity contribution in [2.24, 2.45) is 0 Å². The number of thiophene rings is 1. The standard InChI is InChI=1S/C39H35BO2S/c1-37(2)33-16-9-7-12-29(33)30-19-18-24(23-34(30)37)25-20-26(22-27(21-25)40-41-38(3,4)39(5,6)42-40)28-14-11-15-32-31-13-8-10-17-35(31)43-36(28)32/h7-23H,1-6H3. The van der Waals surface area contributed by atoms with E-state index in [4.69, 9.17) is 9.31 Å². The second-order valence-corrected chi connectivity index (χ2v) is 14.7. The second-order valence-electron chi connectivity index (χ2n) is 13.6. The molecule has 5 aromatic carbocycles. The van der Waals surface area contributed by atoms with Gasteiger partial charge in [-0.25, -0.2) is 0 Å². The van der Waals surface area contributed by atoms with Crippen molar-refractivity contribution in [1.29, 1.82) is 0 Å². The van der Waals surface area contributed by atoms with E-state index in [-0.39, 0.29) is 5.41 Å². The number of fused-ring (bicyclic) bond motifs is 6. The molecule has 1 fully saturated rings. The Morgan fingerprint density at radius 3 is 2.00 bits per heavy atom. The lowest BCUT2D eigenvalue weighted by atomic mass is 9.76. The first-order valence-electron chi connectivity index (χ1n) is 15.2. The molecule has 1 aromatic heterocycles. The maximum Gasteiger partial charge on any atom is 0.494 e. The molecule has 2 aliphatic rings. The van der Waals surface area contributed by atoms with Crippen LogP contribution >= 0.6 is 11.3 Å². The molecule has 0 atom stereocenters. The molecule has 2 heterocycles. The van der Waals surface area contributed by atoms with E-state index in [2.05, 4.69) is 145 Å². The van der Waals surface area contributed by atoms with Crippen LogP contribution < -0.4 is 5.46 Å². The van der Waals surface area contributed by atoms with Crippen molar-refractivity contribution in [2.75, 3.05) is 0 Å². The maximum atomic E-state index is 6.60. The molecule has 212 valence electrons. The van der Waals surface area contributed by atoms with Crippen molar-refractivity contribution in [3.05, 3.63) is 114 Å². The molecule has 0 saturated carbocycles. The Morgan fingerprint density at radius 2 is 1.19 bits per heavy atom. The van der Waals surface area contributed by atoms with Gasteiger partial charge in [0.1, 0.15) is 0 Å². The zero-order chi connectivity index (χ0) is 29.7. The maximum absolute atomic E-state index is 6.60. The first kappa shape index (κ1) is 26.9. The Kier molecular flexibility index (Phi) is 5.73. The van der Waals surface area contributed by atoms with E-state index in [0.717, 1.165) is 5.46 Å². The smallest absolute Gasteiger partial charge is 0.399 e. The summed E-state index contributed by atoms with van der Waals surface area (Å²) in [5.74, 6) is 0. The lowest BCUT2D eigenvalue weighted by molar-refractivity contribution is 0.00578. The summed E-state index contributed by atoms with van der Waals surface area (Å²) >= 11 is 1.87. The first-order chi connectivity index (χ1) is 20.5. The molecule has 0 spiro atoms. The molecule has 43 heavy (non-hydrogen) atoms. The number of hydrogen-bond donors (Lipinski definition) is 0. The van der Waals surface area contributed by atoms with E-state index in [1.54, 1.807) is 0 Å². The van der Waals surface area contributed by atoms with Gasteiger partial charge < -0.3 is 9.31 Å². The fourth-order valence-electron chi connectivity index (χ4n) is 6.95. The molecule has 6 aromatic rings. The Hall–Kier alpha value is -3.70. The van der Waals surface area contributed by atoms with Gasteiger partial charge in [-0.1, -0.05) is 98.8 Å². The fraction of sp³-hybridized carbons (Fsp3) is 0.231. The SMILES string of the molecule is CC1(C)c2ccccc2-c2ccc(-c3cc(B4OC(C)(C)C(C)(C)O4)cc(-c4cccc5c4sc4ccccc45)c3)cc21. The van der Waals surface area contributed by atoms with Crippen LogP contribution in [0.3, 0.4) is 0 Å². The highest BCUT2D eigenvalue weighted by molar-refractivity contribution is 7.26. The highest BCUT2D eigenvalue weighted by Crippen LogP contribution is 2.50. The van der Waals surface area contributed by atoms with Crippen molar-refractivity contribution in [2.45, 2.75) is 58.2 Å². The van der Waals surface area contributed by atoms with Crippen molar-refractivity contribution < 1.29 is 9.31 Å². The normalized spacial score (nSPS) is 17.9. The summed E-state index contributed by atoms with van der Waals surface area (Å²) in [6, 6.07) is 38.1. The third-order valence-electron chi connectivity index (χ3n) is 10.1. The van der Waals surface area contributed by atoms with Gasteiger partial charge >= 0.3 is 7.12 Å². The van der Waals surface area contributed by atoms with Gasteiger partial charge in [0.15, 0.2) is 0 Å². The zero-order valence-corrected chi connectivity index (χ0v) is 26.4. The number of benzene rings is 5. The van der Waals surface area contributed by atoms with Gasteiger partial charge in [-0.05, 0) is 95.9 Å². The minimum absolute atomic E-state index is 0.0588. The van der Waals surface area contributed by atoms with Gasteiger partial charge in [-0.15, -0.1) is 11.3 Å². The van der Waals surface area contributed by atoms with E-state index in [1.165, 1.54) is 64.7 Å². The fourth-order valence-corrected chi connectivity index (χ4v) is 8.19. The molecular formula is C39H35BO2S. The predicted molar refractivity (Wildman–Crippen MR) is 183 cm³/mol. The molecule has 0 radical (unpaired) electrons. The van der Waals surface area contributed by atoms with E-state index >= 15 is 0 Å². The largest absolute Gasteiger partial charge is 0.494 e. The summed E-state index contributed by atoms with van der Waals surface area (Å²) in [7, 11) is -0.444. The van der Waals surface area contributed by atoms with Crippen LogP contribution in [0.1, 0.15) is 52.7 Å². The summed E-state index contributed by atoms with van der Waals surface area (Å²) in [4.78, 5) is 0. The molecule has 2 nitrogen and oxygen atoms in total. The van der Waals surface area contributed by atoms with Crippen LogP contribution in [0.4, 0.5) is 0 Å². The molecule has 1 aliphatic heterocycles.